The maximum atomic E-state index is 12.9. The highest BCUT2D eigenvalue weighted by Crippen LogP contribution is 2.34. The molecular weight excluding hydrogens is 315 g/mol. The number of aromatic nitrogens is 1. The molecule has 1 aliphatic rings. The van der Waals surface area contributed by atoms with Crippen molar-refractivity contribution in [3.63, 3.8) is 0 Å². The van der Waals surface area contributed by atoms with Crippen LogP contribution in [0.15, 0.2) is 48.8 Å². The van der Waals surface area contributed by atoms with Crippen LogP contribution in [0.25, 0.3) is 5.57 Å². The van der Waals surface area contributed by atoms with Crippen LogP contribution < -0.4 is 4.90 Å². The minimum absolute atomic E-state index is 0.347. The highest BCUT2D eigenvalue weighted by molar-refractivity contribution is 5.72. The average Bonchev–Trinajstić information content (AvgIpc) is 2.61. The number of anilines is 1. The van der Waals surface area contributed by atoms with E-state index in [0.29, 0.717) is 18.8 Å². The lowest BCUT2D eigenvalue weighted by atomic mass is 10.0. The van der Waals surface area contributed by atoms with Crippen molar-refractivity contribution in [3.8, 4) is 6.07 Å². The Bertz CT molecular complexity index is 804. The molecule has 0 atom stereocenters. The molecule has 0 amide bonds. The molecule has 0 saturated carbocycles. The van der Waals surface area contributed by atoms with Crippen molar-refractivity contribution in [1.29, 1.82) is 5.26 Å². The first-order valence-electron chi connectivity index (χ1n) is 7.45. The van der Waals surface area contributed by atoms with Gasteiger partial charge in [0.05, 0.1) is 17.2 Å². The maximum absolute atomic E-state index is 12.9. The molecule has 24 heavy (non-hydrogen) atoms. The van der Waals surface area contributed by atoms with Crippen molar-refractivity contribution in [2.24, 2.45) is 0 Å². The van der Waals surface area contributed by atoms with E-state index in [1.807, 2.05) is 17.0 Å². The van der Waals surface area contributed by atoms with Crippen LogP contribution in [0, 0.1) is 11.3 Å². The molecule has 1 aromatic heterocycles. The van der Waals surface area contributed by atoms with Gasteiger partial charge in [0.15, 0.2) is 0 Å². The highest BCUT2D eigenvalue weighted by atomic mass is 19.4. The van der Waals surface area contributed by atoms with Crippen molar-refractivity contribution in [2.45, 2.75) is 12.6 Å². The molecule has 0 saturated heterocycles. The monoisotopic (exact) mass is 329 g/mol. The molecule has 0 fully saturated rings. The summed E-state index contributed by atoms with van der Waals surface area (Å²) in [5.41, 5.74) is 1.53. The summed E-state index contributed by atoms with van der Waals surface area (Å²) in [6.45, 7) is 1.28. The van der Waals surface area contributed by atoms with E-state index in [2.05, 4.69) is 11.1 Å². The first-order valence-corrected chi connectivity index (χ1v) is 7.45. The van der Waals surface area contributed by atoms with Crippen LogP contribution in [-0.4, -0.2) is 18.1 Å². The summed E-state index contributed by atoms with van der Waals surface area (Å²) in [6, 6.07) is 9.20. The summed E-state index contributed by atoms with van der Waals surface area (Å²) >= 11 is 0. The normalized spacial score (nSPS) is 14.9. The minimum atomic E-state index is -4.52. The summed E-state index contributed by atoms with van der Waals surface area (Å²) in [5, 5.41) is 9.05. The Hall–Kier alpha value is -2.81. The molecule has 0 radical (unpaired) electrons. The van der Waals surface area contributed by atoms with E-state index in [4.69, 9.17) is 5.26 Å². The van der Waals surface area contributed by atoms with Crippen molar-refractivity contribution in [1.82, 2.24) is 4.98 Å². The first-order chi connectivity index (χ1) is 11.5. The quantitative estimate of drug-likeness (QED) is 0.826. The largest absolute Gasteiger partial charge is 0.417 e. The van der Waals surface area contributed by atoms with Gasteiger partial charge in [-0.25, -0.2) is 0 Å². The molecule has 1 aliphatic heterocycles. The van der Waals surface area contributed by atoms with E-state index in [-0.39, 0.29) is 5.56 Å². The Balaban J connectivity index is 1.88. The van der Waals surface area contributed by atoms with Crippen LogP contribution in [-0.2, 0) is 6.18 Å². The fourth-order valence-electron chi connectivity index (χ4n) is 2.81. The number of pyridine rings is 1. The van der Waals surface area contributed by atoms with Crippen LogP contribution in [0.5, 0.6) is 0 Å². The lowest BCUT2D eigenvalue weighted by molar-refractivity contribution is -0.137. The fraction of sp³-hybridized carbons (Fsp3) is 0.222. The van der Waals surface area contributed by atoms with Crippen LogP contribution >= 0.6 is 0 Å². The molecule has 0 spiro atoms. The van der Waals surface area contributed by atoms with Crippen LogP contribution in [0.3, 0.4) is 0 Å². The molecule has 3 rings (SSSR count). The lowest BCUT2D eigenvalue weighted by Gasteiger charge is -2.30. The molecule has 0 unspecified atom stereocenters. The van der Waals surface area contributed by atoms with Crippen LogP contribution in [0.4, 0.5) is 18.9 Å². The molecule has 2 aromatic rings. The third-order valence-corrected chi connectivity index (χ3v) is 4.00. The van der Waals surface area contributed by atoms with Gasteiger partial charge >= 0.3 is 6.18 Å². The Morgan fingerprint density at radius 1 is 1.12 bits per heavy atom. The van der Waals surface area contributed by atoms with E-state index >= 15 is 0 Å². The van der Waals surface area contributed by atoms with Gasteiger partial charge < -0.3 is 4.90 Å². The molecule has 122 valence electrons. The number of hydrogen-bond donors (Lipinski definition) is 0. The lowest BCUT2D eigenvalue weighted by Crippen LogP contribution is -2.29. The summed E-state index contributed by atoms with van der Waals surface area (Å²) in [6.07, 6.45) is 1.82. The van der Waals surface area contributed by atoms with Gasteiger partial charge in [-0.3, -0.25) is 4.98 Å². The van der Waals surface area contributed by atoms with Gasteiger partial charge in [0.25, 0.3) is 0 Å². The summed E-state index contributed by atoms with van der Waals surface area (Å²) < 4.78 is 38.7. The van der Waals surface area contributed by atoms with Gasteiger partial charge in [-0.15, -0.1) is 0 Å². The van der Waals surface area contributed by atoms with Crippen molar-refractivity contribution < 1.29 is 13.2 Å². The van der Waals surface area contributed by atoms with E-state index in [1.165, 1.54) is 12.1 Å². The van der Waals surface area contributed by atoms with Gasteiger partial charge in [-0.05, 0) is 47.9 Å². The molecule has 1 aromatic carbocycles. The zero-order chi connectivity index (χ0) is 17.2. The SMILES string of the molecule is N#Cc1cc(N2CCC=C(c3ccncc3)C2)ccc1C(F)(F)F. The van der Waals surface area contributed by atoms with Gasteiger partial charge in [-0.2, -0.15) is 18.4 Å². The average molecular weight is 329 g/mol. The van der Waals surface area contributed by atoms with Gasteiger partial charge in [0.2, 0.25) is 0 Å². The predicted octanol–water partition coefficient (Wildman–Crippen LogP) is 4.27. The Kier molecular flexibility index (Phi) is 4.26. The van der Waals surface area contributed by atoms with Gasteiger partial charge in [-0.1, -0.05) is 6.08 Å². The standard InChI is InChI=1S/C18H14F3N3/c19-18(20,21)17-4-3-16(10-15(17)11-22)24-9-1-2-14(12-24)13-5-7-23-8-6-13/h2-8,10H,1,9,12H2. The molecule has 0 bridgehead atoms. The van der Waals surface area contributed by atoms with Crippen molar-refractivity contribution in [2.75, 3.05) is 18.0 Å². The number of halogens is 3. The minimum Gasteiger partial charge on any atom is -0.367 e. The summed E-state index contributed by atoms with van der Waals surface area (Å²) in [5.74, 6) is 0. The maximum Gasteiger partial charge on any atom is 0.417 e. The molecule has 6 heteroatoms. The first kappa shape index (κ1) is 16.1. The molecule has 2 heterocycles. The van der Waals surface area contributed by atoms with Crippen LogP contribution in [0.1, 0.15) is 23.1 Å². The molecule has 3 nitrogen and oxygen atoms in total. The summed E-state index contributed by atoms with van der Waals surface area (Å²) in [7, 11) is 0. The topological polar surface area (TPSA) is 39.9 Å². The number of nitrogens with zero attached hydrogens (tertiary/aromatic N) is 3. The third kappa shape index (κ3) is 3.25. The van der Waals surface area contributed by atoms with Gasteiger partial charge in [0.1, 0.15) is 0 Å². The molecule has 0 N–H and O–H groups in total. The zero-order valence-corrected chi connectivity index (χ0v) is 12.7. The van der Waals surface area contributed by atoms with E-state index in [0.717, 1.165) is 23.6 Å². The number of hydrogen-bond acceptors (Lipinski definition) is 3. The molecule has 0 aliphatic carbocycles. The highest BCUT2D eigenvalue weighted by Gasteiger charge is 2.33. The second-order valence-corrected chi connectivity index (χ2v) is 5.51. The predicted molar refractivity (Wildman–Crippen MR) is 85.2 cm³/mol. The number of rotatable bonds is 2. The smallest absolute Gasteiger partial charge is 0.367 e. The molecular formula is C18H14F3N3. The Morgan fingerprint density at radius 2 is 1.88 bits per heavy atom. The van der Waals surface area contributed by atoms with Crippen LogP contribution in [0.2, 0.25) is 0 Å². The number of alkyl halides is 3. The fourth-order valence-corrected chi connectivity index (χ4v) is 2.81. The van der Waals surface area contributed by atoms with E-state index < -0.39 is 11.7 Å². The summed E-state index contributed by atoms with van der Waals surface area (Å²) in [4.78, 5) is 5.97. The number of nitriles is 1. The third-order valence-electron chi connectivity index (χ3n) is 4.00. The van der Waals surface area contributed by atoms with Gasteiger partial charge in [0, 0.05) is 31.2 Å². The van der Waals surface area contributed by atoms with E-state index in [1.54, 1.807) is 18.5 Å². The van der Waals surface area contributed by atoms with Crippen molar-refractivity contribution >= 4 is 11.3 Å². The second kappa shape index (κ2) is 6.36. The number of benzene rings is 1. The Labute approximate surface area is 137 Å². The second-order valence-electron chi connectivity index (χ2n) is 5.51. The Morgan fingerprint density at radius 3 is 2.54 bits per heavy atom. The van der Waals surface area contributed by atoms with E-state index in [9.17, 15) is 13.2 Å². The van der Waals surface area contributed by atoms with Crippen molar-refractivity contribution in [3.05, 3.63) is 65.5 Å². The zero-order valence-electron chi connectivity index (χ0n) is 12.7.